The lowest BCUT2D eigenvalue weighted by Crippen LogP contribution is -2.09. The molecule has 100 valence electrons. The third-order valence-corrected chi connectivity index (χ3v) is 2.95. The quantitative estimate of drug-likeness (QED) is 0.787. The smallest absolute Gasteiger partial charge is 0.350 e. The molecule has 0 fully saturated rings. The first-order valence-corrected chi connectivity index (χ1v) is 6.48. The van der Waals surface area contributed by atoms with Crippen LogP contribution in [0, 0.1) is 0 Å². The van der Waals surface area contributed by atoms with Crippen LogP contribution in [0.25, 0.3) is 0 Å². The van der Waals surface area contributed by atoms with Crippen LogP contribution in [-0.4, -0.2) is 30.1 Å². The summed E-state index contributed by atoms with van der Waals surface area (Å²) in [5.74, 6) is -0.774. The van der Waals surface area contributed by atoms with Gasteiger partial charge in [-0.15, -0.1) is 0 Å². The Hall–Kier alpha value is -1.63. The minimum atomic E-state index is -0.453. The van der Waals surface area contributed by atoms with E-state index in [0.717, 1.165) is 11.3 Å². The van der Waals surface area contributed by atoms with E-state index in [0.29, 0.717) is 23.6 Å². The first-order valence-electron chi connectivity index (χ1n) is 5.66. The molecule has 0 bridgehead atoms. The van der Waals surface area contributed by atoms with Gasteiger partial charge in [-0.1, -0.05) is 11.3 Å². The van der Waals surface area contributed by atoms with Crippen molar-refractivity contribution in [1.82, 2.24) is 4.98 Å². The number of rotatable bonds is 6. The Kier molecular flexibility index (Phi) is 5.57. The van der Waals surface area contributed by atoms with Crippen LogP contribution in [0.2, 0.25) is 0 Å². The lowest BCUT2D eigenvalue weighted by molar-refractivity contribution is -0.143. The Morgan fingerprint density at radius 1 is 1.28 bits per heavy atom. The number of carbonyl (C=O) groups excluding carboxylic acids is 2. The molecule has 0 amide bonds. The fourth-order valence-corrected chi connectivity index (χ4v) is 2.12. The minimum Gasteiger partial charge on any atom is -0.466 e. The number of anilines is 1. The number of hydrogen-bond acceptors (Lipinski definition) is 7. The second-order valence-electron chi connectivity index (χ2n) is 3.35. The first kappa shape index (κ1) is 14.4. The molecule has 0 aliphatic rings. The Balaban J connectivity index is 2.70. The predicted molar refractivity (Wildman–Crippen MR) is 67.4 cm³/mol. The third kappa shape index (κ3) is 3.99. The average molecular weight is 272 g/mol. The van der Waals surface area contributed by atoms with Crippen LogP contribution >= 0.6 is 11.3 Å². The maximum atomic E-state index is 11.6. The first-order chi connectivity index (χ1) is 8.58. The van der Waals surface area contributed by atoms with Crippen LogP contribution in [0.4, 0.5) is 5.13 Å². The topological polar surface area (TPSA) is 91.5 Å². The van der Waals surface area contributed by atoms with E-state index < -0.39 is 5.97 Å². The molecule has 0 aromatic carbocycles. The minimum absolute atomic E-state index is 0.170. The lowest BCUT2D eigenvalue weighted by Gasteiger charge is -2.02. The van der Waals surface area contributed by atoms with E-state index in [4.69, 9.17) is 15.2 Å². The molecule has 0 saturated heterocycles. The molecule has 6 nitrogen and oxygen atoms in total. The van der Waals surface area contributed by atoms with Crippen LogP contribution in [0.5, 0.6) is 0 Å². The van der Waals surface area contributed by atoms with E-state index >= 15 is 0 Å². The Bertz CT molecular complexity index is 431. The summed E-state index contributed by atoms with van der Waals surface area (Å²) in [5.41, 5.74) is 6.05. The molecule has 1 rings (SSSR count). The maximum absolute atomic E-state index is 11.6. The molecule has 0 radical (unpaired) electrons. The summed E-state index contributed by atoms with van der Waals surface area (Å²) in [4.78, 5) is 27.3. The molecule has 1 heterocycles. The third-order valence-electron chi connectivity index (χ3n) is 2.05. The number of nitrogens with zero attached hydrogens (tertiary/aromatic N) is 1. The van der Waals surface area contributed by atoms with Crippen LogP contribution in [0.3, 0.4) is 0 Å². The molecule has 1 aromatic rings. The summed E-state index contributed by atoms with van der Waals surface area (Å²) < 4.78 is 9.70. The van der Waals surface area contributed by atoms with Gasteiger partial charge >= 0.3 is 11.9 Å². The number of esters is 2. The number of carbonyl (C=O) groups is 2. The SMILES string of the molecule is CCOC(=O)CCc1nc(N)sc1C(=O)OCC. The summed E-state index contributed by atoms with van der Waals surface area (Å²) in [5, 5.41) is 0.289. The van der Waals surface area contributed by atoms with E-state index in [1.54, 1.807) is 13.8 Å². The Labute approximate surface area is 109 Å². The van der Waals surface area contributed by atoms with Gasteiger partial charge in [-0.25, -0.2) is 9.78 Å². The maximum Gasteiger partial charge on any atom is 0.350 e. The predicted octanol–water partition coefficient (Wildman–Crippen LogP) is 1.40. The van der Waals surface area contributed by atoms with Crippen LogP contribution < -0.4 is 5.73 Å². The van der Waals surface area contributed by atoms with Gasteiger partial charge in [0.1, 0.15) is 4.88 Å². The monoisotopic (exact) mass is 272 g/mol. The van der Waals surface area contributed by atoms with Gasteiger partial charge < -0.3 is 15.2 Å². The van der Waals surface area contributed by atoms with Crippen molar-refractivity contribution in [3.05, 3.63) is 10.6 Å². The van der Waals surface area contributed by atoms with Gasteiger partial charge in [0.25, 0.3) is 0 Å². The fourth-order valence-electron chi connectivity index (χ4n) is 1.35. The second-order valence-corrected chi connectivity index (χ2v) is 4.38. The van der Waals surface area contributed by atoms with E-state index in [1.807, 2.05) is 0 Å². The zero-order chi connectivity index (χ0) is 13.5. The van der Waals surface area contributed by atoms with Crippen molar-refractivity contribution >= 4 is 28.4 Å². The molecule has 0 aliphatic carbocycles. The van der Waals surface area contributed by atoms with Crippen molar-refractivity contribution in [2.75, 3.05) is 18.9 Å². The van der Waals surface area contributed by atoms with Crippen LogP contribution in [0.1, 0.15) is 35.6 Å². The molecule has 0 atom stereocenters. The van der Waals surface area contributed by atoms with Gasteiger partial charge in [0, 0.05) is 6.42 Å². The Morgan fingerprint density at radius 2 is 1.94 bits per heavy atom. The summed E-state index contributed by atoms with van der Waals surface area (Å²) in [6.07, 6.45) is 0.490. The summed E-state index contributed by atoms with van der Waals surface area (Å²) in [6, 6.07) is 0. The number of hydrogen-bond donors (Lipinski definition) is 1. The normalized spacial score (nSPS) is 10.1. The molecule has 0 aliphatic heterocycles. The second kappa shape index (κ2) is 6.95. The summed E-state index contributed by atoms with van der Waals surface area (Å²) >= 11 is 1.07. The number of ether oxygens (including phenoxy) is 2. The molecule has 7 heteroatoms. The van der Waals surface area contributed by atoms with Crippen molar-refractivity contribution in [3.8, 4) is 0 Å². The van der Waals surface area contributed by atoms with E-state index in [1.165, 1.54) is 0 Å². The highest BCUT2D eigenvalue weighted by atomic mass is 32.1. The van der Waals surface area contributed by atoms with Crippen molar-refractivity contribution in [1.29, 1.82) is 0 Å². The summed E-state index contributed by atoms with van der Waals surface area (Å²) in [7, 11) is 0. The Morgan fingerprint density at radius 3 is 2.56 bits per heavy atom. The van der Waals surface area contributed by atoms with Crippen molar-refractivity contribution < 1.29 is 19.1 Å². The highest BCUT2D eigenvalue weighted by molar-refractivity contribution is 7.17. The zero-order valence-corrected chi connectivity index (χ0v) is 11.2. The van der Waals surface area contributed by atoms with Crippen molar-refractivity contribution in [2.24, 2.45) is 0 Å². The highest BCUT2D eigenvalue weighted by Crippen LogP contribution is 2.22. The van der Waals surface area contributed by atoms with E-state index in [9.17, 15) is 9.59 Å². The molecule has 0 spiro atoms. The van der Waals surface area contributed by atoms with Crippen molar-refractivity contribution in [2.45, 2.75) is 26.7 Å². The fraction of sp³-hybridized carbons (Fsp3) is 0.545. The molecule has 0 saturated carbocycles. The molecular formula is C11H16N2O4S. The number of thiazole rings is 1. The van der Waals surface area contributed by atoms with E-state index in [-0.39, 0.29) is 24.1 Å². The van der Waals surface area contributed by atoms with E-state index in [2.05, 4.69) is 4.98 Å². The van der Waals surface area contributed by atoms with Gasteiger partial charge in [-0.3, -0.25) is 4.79 Å². The van der Waals surface area contributed by atoms with Crippen LogP contribution in [0.15, 0.2) is 0 Å². The number of aryl methyl sites for hydroxylation is 1. The average Bonchev–Trinajstić information content (AvgIpc) is 2.69. The molecule has 2 N–H and O–H groups in total. The molecular weight excluding hydrogens is 256 g/mol. The summed E-state index contributed by atoms with van der Waals surface area (Å²) in [6.45, 7) is 4.08. The number of nitrogens with two attached hydrogens (primary N) is 1. The van der Waals surface area contributed by atoms with Gasteiger partial charge in [0.05, 0.1) is 25.3 Å². The van der Waals surface area contributed by atoms with Gasteiger partial charge in [0.15, 0.2) is 5.13 Å². The molecule has 18 heavy (non-hydrogen) atoms. The molecule has 0 unspecified atom stereocenters. The largest absolute Gasteiger partial charge is 0.466 e. The number of nitrogen functional groups attached to an aromatic ring is 1. The van der Waals surface area contributed by atoms with Gasteiger partial charge in [-0.2, -0.15) is 0 Å². The van der Waals surface area contributed by atoms with Gasteiger partial charge in [-0.05, 0) is 13.8 Å². The zero-order valence-electron chi connectivity index (χ0n) is 10.4. The van der Waals surface area contributed by atoms with Crippen molar-refractivity contribution in [3.63, 3.8) is 0 Å². The van der Waals surface area contributed by atoms with Gasteiger partial charge in [0.2, 0.25) is 0 Å². The standard InChI is InChI=1S/C11H16N2O4S/c1-3-16-8(14)6-5-7-9(10(15)17-4-2)18-11(12)13-7/h3-6H2,1-2H3,(H2,12,13). The molecule has 1 aromatic heterocycles. The lowest BCUT2D eigenvalue weighted by atomic mass is 10.2. The number of aromatic nitrogens is 1. The highest BCUT2D eigenvalue weighted by Gasteiger charge is 2.19. The van der Waals surface area contributed by atoms with Crippen LogP contribution in [-0.2, 0) is 20.7 Å².